The van der Waals surface area contributed by atoms with E-state index in [4.69, 9.17) is 20.0 Å². The van der Waals surface area contributed by atoms with Gasteiger partial charge in [0, 0.05) is 5.56 Å². The van der Waals surface area contributed by atoms with Gasteiger partial charge in [-0.3, -0.25) is 0 Å². The van der Waals surface area contributed by atoms with Crippen molar-refractivity contribution >= 4 is 16.8 Å². The van der Waals surface area contributed by atoms with Crippen LogP contribution in [-0.4, -0.2) is 13.2 Å². The quantitative estimate of drug-likeness (QED) is 0.779. The van der Waals surface area contributed by atoms with Crippen LogP contribution in [0, 0.1) is 22.7 Å². The number of hydrogen-bond donors (Lipinski definition) is 0. The van der Waals surface area contributed by atoms with E-state index in [1.165, 1.54) is 0 Å². The van der Waals surface area contributed by atoms with E-state index in [9.17, 15) is 0 Å². The molecular formula is C18H16N2O2. The molecule has 110 valence electrons. The molecule has 0 aromatic heterocycles. The molecule has 0 bridgehead atoms. The molecular weight excluding hydrogens is 276 g/mol. The van der Waals surface area contributed by atoms with Gasteiger partial charge in [-0.05, 0) is 48.9 Å². The number of nitrogens with zero attached hydrogens (tertiary/aromatic N) is 2. The number of allylic oxidation sites excluding steroid dienone is 1. The van der Waals surface area contributed by atoms with Crippen LogP contribution in [0.2, 0.25) is 0 Å². The SMILES string of the molecule is CCOc1ccc2ccc(OCC)c(C=C(C#N)C#N)c2c1. The first-order valence-electron chi connectivity index (χ1n) is 7.07. The van der Waals surface area contributed by atoms with E-state index in [1.54, 1.807) is 6.08 Å². The van der Waals surface area contributed by atoms with Gasteiger partial charge in [-0.1, -0.05) is 12.1 Å². The number of fused-ring (bicyclic) bond motifs is 1. The molecule has 4 nitrogen and oxygen atoms in total. The first-order valence-corrected chi connectivity index (χ1v) is 7.07. The van der Waals surface area contributed by atoms with Crippen LogP contribution in [0.15, 0.2) is 35.9 Å². The minimum atomic E-state index is 0.0373. The predicted octanol–water partition coefficient (Wildman–Crippen LogP) is 4.07. The van der Waals surface area contributed by atoms with Crippen LogP contribution in [-0.2, 0) is 0 Å². The summed E-state index contributed by atoms with van der Waals surface area (Å²) in [4.78, 5) is 0. The summed E-state index contributed by atoms with van der Waals surface area (Å²) in [5, 5.41) is 19.9. The highest BCUT2D eigenvalue weighted by Crippen LogP contribution is 2.32. The van der Waals surface area contributed by atoms with Crippen molar-refractivity contribution in [3.8, 4) is 23.6 Å². The standard InChI is InChI=1S/C18H16N2O2/c1-3-21-15-7-5-14-6-8-18(22-4-2)17(16(14)10-15)9-13(11-19)12-20/h5-10H,3-4H2,1-2H3. The van der Waals surface area contributed by atoms with Gasteiger partial charge in [0.2, 0.25) is 0 Å². The number of ether oxygens (including phenoxy) is 2. The molecule has 0 spiro atoms. The third-order valence-electron chi connectivity index (χ3n) is 3.14. The van der Waals surface area contributed by atoms with Gasteiger partial charge in [0.05, 0.1) is 13.2 Å². The Hall–Kier alpha value is -2.98. The lowest BCUT2D eigenvalue weighted by Gasteiger charge is -2.12. The smallest absolute Gasteiger partial charge is 0.130 e. The average Bonchev–Trinajstić information content (AvgIpc) is 2.54. The largest absolute Gasteiger partial charge is 0.494 e. The maximum atomic E-state index is 9.01. The van der Waals surface area contributed by atoms with Crippen molar-refractivity contribution in [3.05, 3.63) is 41.5 Å². The van der Waals surface area contributed by atoms with Gasteiger partial charge in [-0.25, -0.2) is 0 Å². The molecule has 0 saturated carbocycles. The predicted molar refractivity (Wildman–Crippen MR) is 85.5 cm³/mol. The molecule has 0 atom stereocenters. The van der Waals surface area contributed by atoms with Crippen molar-refractivity contribution in [3.63, 3.8) is 0 Å². The Labute approximate surface area is 129 Å². The van der Waals surface area contributed by atoms with Crippen molar-refractivity contribution in [2.75, 3.05) is 13.2 Å². The minimum Gasteiger partial charge on any atom is -0.494 e. The third kappa shape index (κ3) is 3.19. The molecule has 0 unspecified atom stereocenters. The molecule has 22 heavy (non-hydrogen) atoms. The van der Waals surface area contributed by atoms with Crippen molar-refractivity contribution < 1.29 is 9.47 Å². The summed E-state index contributed by atoms with van der Waals surface area (Å²) in [7, 11) is 0. The molecule has 2 aromatic rings. The zero-order chi connectivity index (χ0) is 15.9. The van der Waals surface area contributed by atoms with Crippen molar-refractivity contribution in [1.29, 1.82) is 10.5 Å². The molecule has 0 heterocycles. The number of hydrogen-bond acceptors (Lipinski definition) is 4. The zero-order valence-electron chi connectivity index (χ0n) is 12.6. The zero-order valence-corrected chi connectivity index (χ0v) is 12.6. The Balaban J connectivity index is 2.73. The van der Waals surface area contributed by atoms with Gasteiger partial charge in [-0.15, -0.1) is 0 Å². The Bertz CT molecular complexity index is 774. The summed E-state index contributed by atoms with van der Waals surface area (Å²) >= 11 is 0. The molecule has 0 aliphatic heterocycles. The maximum absolute atomic E-state index is 9.01. The topological polar surface area (TPSA) is 66.0 Å². The Morgan fingerprint density at radius 3 is 2.36 bits per heavy atom. The van der Waals surface area contributed by atoms with Gasteiger partial charge in [-0.2, -0.15) is 10.5 Å². The fraction of sp³-hybridized carbons (Fsp3) is 0.222. The fourth-order valence-electron chi connectivity index (χ4n) is 2.22. The summed E-state index contributed by atoms with van der Waals surface area (Å²) < 4.78 is 11.2. The maximum Gasteiger partial charge on any atom is 0.130 e. The first-order chi connectivity index (χ1) is 10.7. The van der Waals surface area contributed by atoms with Gasteiger partial charge >= 0.3 is 0 Å². The van der Waals surface area contributed by atoms with Crippen LogP contribution in [0.1, 0.15) is 19.4 Å². The van der Waals surface area contributed by atoms with E-state index in [2.05, 4.69) is 0 Å². The molecule has 2 rings (SSSR count). The molecule has 0 radical (unpaired) electrons. The molecule has 2 aromatic carbocycles. The van der Waals surface area contributed by atoms with Crippen LogP contribution in [0.4, 0.5) is 0 Å². The normalized spacial score (nSPS) is 9.64. The van der Waals surface area contributed by atoms with Crippen LogP contribution in [0.5, 0.6) is 11.5 Å². The van der Waals surface area contributed by atoms with Gasteiger partial charge in [0.1, 0.15) is 29.2 Å². The second kappa shape index (κ2) is 7.15. The molecule has 0 aliphatic rings. The van der Waals surface area contributed by atoms with E-state index < -0.39 is 0 Å². The molecule has 0 amide bonds. The summed E-state index contributed by atoms with van der Waals surface area (Å²) in [6, 6.07) is 13.3. The molecule has 4 heteroatoms. The fourth-order valence-corrected chi connectivity index (χ4v) is 2.22. The molecule has 0 fully saturated rings. The Morgan fingerprint density at radius 1 is 1.05 bits per heavy atom. The molecule has 0 N–H and O–H groups in total. The second-order valence-corrected chi connectivity index (χ2v) is 4.51. The minimum absolute atomic E-state index is 0.0373. The van der Waals surface area contributed by atoms with Gasteiger partial charge in [0.25, 0.3) is 0 Å². The first kappa shape index (κ1) is 15.4. The van der Waals surface area contributed by atoms with E-state index in [0.717, 1.165) is 22.1 Å². The van der Waals surface area contributed by atoms with Gasteiger partial charge < -0.3 is 9.47 Å². The second-order valence-electron chi connectivity index (χ2n) is 4.51. The highest BCUT2D eigenvalue weighted by atomic mass is 16.5. The summed E-state index contributed by atoms with van der Waals surface area (Å²) in [6.07, 6.45) is 1.56. The highest BCUT2D eigenvalue weighted by Gasteiger charge is 2.09. The van der Waals surface area contributed by atoms with E-state index in [0.29, 0.717) is 19.0 Å². The van der Waals surface area contributed by atoms with Crippen molar-refractivity contribution in [1.82, 2.24) is 0 Å². The van der Waals surface area contributed by atoms with Crippen molar-refractivity contribution in [2.45, 2.75) is 13.8 Å². The number of rotatable bonds is 5. The van der Waals surface area contributed by atoms with Gasteiger partial charge in [0.15, 0.2) is 0 Å². The van der Waals surface area contributed by atoms with Crippen LogP contribution in [0.3, 0.4) is 0 Å². The Kier molecular flexibility index (Phi) is 5.01. The lowest BCUT2D eigenvalue weighted by Crippen LogP contribution is -1.96. The average molecular weight is 292 g/mol. The number of benzene rings is 2. The lowest BCUT2D eigenvalue weighted by molar-refractivity contribution is 0.339. The molecule has 0 saturated heterocycles. The van der Waals surface area contributed by atoms with Crippen molar-refractivity contribution in [2.24, 2.45) is 0 Å². The number of nitriles is 2. The third-order valence-corrected chi connectivity index (χ3v) is 3.14. The van der Waals surface area contributed by atoms with Crippen LogP contribution < -0.4 is 9.47 Å². The van der Waals surface area contributed by atoms with E-state index in [1.807, 2.05) is 56.3 Å². The van der Waals surface area contributed by atoms with E-state index in [-0.39, 0.29) is 5.57 Å². The highest BCUT2D eigenvalue weighted by molar-refractivity contribution is 5.95. The summed E-state index contributed by atoms with van der Waals surface area (Å²) in [6.45, 7) is 4.89. The van der Waals surface area contributed by atoms with Crippen LogP contribution in [0.25, 0.3) is 16.8 Å². The molecule has 0 aliphatic carbocycles. The summed E-state index contributed by atoms with van der Waals surface area (Å²) in [5.74, 6) is 1.39. The van der Waals surface area contributed by atoms with Crippen LogP contribution >= 0.6 is 0 Å². The van der Waals surface area contributed by atoms with E-state index >= 15 is 0 Å². The Morgan fingerprint density at radius 2 is 1.73 bits per heavy atom. The summed E-state index contributed by atoms with van der Waals surface area (Å²) in [5.41, 5.74) is 0.759. The lowest BCUT2D eigenvalue weighted by atomic mass is 10.0. The monoisotopic (exact) mass is 292 g/mol.